The largest absolute Gasteiger partial charge is 0.340 e. The molecule has 0 unspecified atom stereocenters. The quantitative estimate of drug-likeness (QED) is 0.116. The van der Waals surface area contributed by atoms with Gasteiger partial charge in [-0.1, -0.05) is 220 Å². The summed E-state index contributed by atoms with van der Waals surface area (Å²) in [6.45, 7) is 22.1. The number of aromatic nitrogens is 12. The summed E-state index contributed by atoms with van der Waals surface area (Å²) < 4.78 is 13.0. The van der Waals surface area contributed by atoms with Crippen LogP contribution in [0.2, 0.25) is 0 Å². The van der Waals surface area contributed by atoms with E-state index < -0.39 is 0 Å². The van der Waals surface area contributed by atoms with Crippen LogP contribution in [0.3, 0.4) is 0 Å². The molecule has 0 N–H and O–H groups in total. The van der Waals surface area contributed by atoms with Crippen molar-refractivity contribution in [2.45, 2.75) is 138 Å². The average molecular weight is 2900 g/mol. The van der Waals surface area contributed by atoms with E-state index in [1.165, 1.54) is 209 Å². The van der Waals surface area contributed by atoms with Crippen LogP contribution in [0.1, 0.15) is 143 Å². The number of imidazole rings is 6. The second-order valence-corrected chi connectivity index (χ2v) is 37.5. The molecule has 714 valence electrons. The zero-order valence-corrected chi connectivity index (χ0v) is 94.2. The zero-order valence-electron chi connectivity index (χ0n) is 79.9. The maximum absolute atomic E-state index is 4.54. The predicted octanol–water partition coefficient (Wildman–Crippen LogP) is 31.0. The molecule has 0 aliphatic heterocycles. The van der Waals surface area contributed by atoms with Crippen molar-refractivity contribution in [3.63, 3.8) is 0 Å². The van der Waals surface area contributed by atoms with Crippen LogP contribution in [-0.2, 0) is 132 Å². The molecule has 14 aromatic carbocycles. The van der Waals surface area contributed by atoms with Crippen molar-refractivity contribution < 1.29 is 121 Å². The third-order valence-electron chi connectivity index (χ3n) is 27.6. The van der Waals surface area contributed by atoms with E-state index in [-0.39, 0.29) is 126 Å². The molecule has 1 aliphatic rings. The molecular formula is C123H102Ir6N12-6. The van der Waals surface area contributed by atoms with E-state index in [1.807, 2.05) is 129 Å². The summed E-state index contributed by atoms with van der Waals surface area (Å²) in [5.41, 5.74) is 29.1. The molecule has 12 heterocycles. The van der Waals surface area contributed by atoms with Crippen LogP contribution in [0.5, 0.6) is 0 Å². The van der Waals surface area contributed by atoms with E-state index >= 15 is 0 Å². The van der Waals surface area contributed by atoms with E-state index in [0.29, 0.717) is 5.92 Å². The zero-order chi connectivity index (χ0) is 91.7. The summed E-state index contributed by atoms with van der Waals surface area (Å²) in [6.07, 6.45) is 33.8. The number of rotatable bonds is 7. The van der Waals surface area contributed by atoms with E-state index in [9.17, 15) is 0 Å². The maximum Gasteiger partial charge on any atom is 0.0608 e. The fraction of sp³-hybridized carbons (Fsp3) is 0.171. The number of unbranched alkanes of at least 4 members (excludes halogenated alkanes) is 1. The molecule has 0 saturated heterocycles. The van der Waals surface area contributed by atoms with Crippen molar-refractivity contribution >= 4 is 164 Å². The second kappa shape index (κ2) is 43.6. The Kier molecular flexibility index (Phi) is 31.6. The van der Waals surface area contributed by atoms with Gasteiger partial charge in [-0.25, -0.2) is 0 Å². The molecule has 27 rings (SSSR count). The average Bonchev–Trinajstić information content (AvgIpc) is 1.70. The molecule has 0 atom stereocenters. The minimum absolute atomic E-state index is 0. The Hall–Kier alpha value is -11.8. The molecule has 0 amide bonds. The van der Waals surface area contributed by atoms with Crippen molar-refractivity contribution in [3.8, 4) is 22.3 Å². The number of hydrogen-bond acceptors (Lipinski definition) is 6. The van der Waals surface area contributed by atoms with E-state index in [1.54, 1.807) is 0 Å². The van der Waals surface area contributed by atoms with Crippen LogP contribution in [0.4, 0.5) is 0 Å². The van der Waals surface area contributed by atoms with Gasteiger partial charge in [-0.2, -0.15) is 0 Å². The van der Waals surface area contributed by atoms with Crippen LogP contribution in [0, 0.1) is 64.1 Å². The summed E-state index contributed by atoms with van der Waals surface area (Å²) in [5, 5.41) is 21.5. The first-order chi connectivity index (χ1) is 66.1. The Balaban J connectivity index is 0.000000121. The summed E-state index contributed by atoms with van der Waals surface area (Å²) in [7, 11) is 0. The van der Waals surface area contributed by atoms with Crippen LogP contribution in [0.25, 0.3) is 186 Å². The molecule has 12 aromatic heterocycles. The van der Waals surface area contributed by atoms with Gasteiger partial charge >= 0.3 is 0 Å². The summed E-state index contributed by atoms with van der Waals surface area (Å²) in [6, 6.07) is 111. The van der Waals surface area contributed by atoms with Crippen LogP contribution < -0.4 is 0 Å². The van der Waals surface area contributed by atoms with Crippen LogP contribution >= 0.6 is 0 Å². The van der Waals surface area contributed by atoms with Gasteiger partial charge in [0.1, 0.15) is 0 Å². The van der Waals surface area contributed by atoms with Crippen LogP contribution in [-0.4, -0.2) is 56.3 Å². The van der Waals surface area contributed by atoms with Gasteiger partial charge in [0.2, 0.25) is 0 Å². The van der Waals surface area contributed by atoms with Gasteiger partial charge in [0.15, 0.2) is 0 Å². The molecule has 26 aromatic rings. The number of nitrogens with zero attached hydrogens (tertiary/aromatic N) is 12. The van der Waals surface area contributed by atoms with Crippen molar-refractivity contribution in [1.29, 1.82) is 0 Å². The maximum atomic E-state index is 4.54. The van der Waals surface area contributed by atoms with Gasteiger partial charge in [0.25, 0.3) is 0 Å². The van der Waals surface area contributed by atoms with Gasteiger partial charge in [-0.15, -0.1) is 178 Å². The molecule has 1 aliphatic carbocycles. The van der Waals surface area contributed by atoms with Crippen molar-refractivity contribution in [3.05, 3.63) is 410 Å². The third-order valence-corrected chi connectivity index (χ3v) is 27.6. The number of aryl methyl sites for hydroxylation is 5. The molecule has 1 saturated carbocycles. The van der Waals surface area contributed by atoms with E-state index in [4.69, 9.17) is 0 Å². The first-order valence-corrected chi connectivity index (χ1v) is 47.4. The molecule has 12 nitrogen and oxygen atoms in total. The topological polar surface area (TPSA) is 104 Å². The fourth-order valence-corrected chi connectivity index (χ4v) is 20.9. The van der Waals surface area contributed by atoms with Gasteiger partial charge < -0.3 is 26.4 Å². The second-order valence-electron chi connectivity index (χ2n) is 37.5. The molecule has 18 heteroatoms. The van der Waals surface area contributed by atoms with Gasteiger partial charge in [-0.3, -0.25) is 29.9 Å². The summed E-state index contributed by atoms with van der Waals surface area (Å²) >= 11 is 0. The first kappa shape index (κ1) is 102. The molecule has 0 bridgehead atoms. The number of benzene rings is 14. The smallest absolute Gasteiger partial charge is 0.0608 e. The Labute approximate surface area is 902 Å². The first-order valence-electron chi connectivity index (χ1n) is 47.4. The summed E-state index contributed by atoms with van der Waals surface area (Å²) in [4.78, 5) is 27.1. The van der Waals surface area contributed by atoms with Crippen LogP contribution in [0.15, 0.2) is 329 Å². The van der Waals surface area contributed by atoms with E-state index in [2.05, 4.69) is 362 Å². The Morgan fingerprint density at radius 3 is 1.10 bits per heavy atom. The van der Waals surface area contributed by atoms with Crippen molar-refractivity contribution in [2.75, 3.05) is 0 Å². The predicted molar refractivity (Wildman–Crippen MR) is 561 cm³/mol. The SMILES string of the molecule is CC(C)(C)c1ccc2c(c1)c1ccc[c-]c1c1nccn21.CC(C)c1ccc(-c2ccc3c(c2)c2ccc[c-]c2c2nccn32)cc1.CCCCc1ccc2c(c1)c1ccc[c-]c1c1nccn21.Cc1cc(C)c2c(c1)c1ccc[c-]c1c1nccn12.Cc1cccc(C)c1-c1ccc2c(c1)c1ccc[c-]c1c1nccn21.[Ir].[Ir].[Ir].[Ir].[Ir].[Ir].[c-]1cccc2c1c1nccn1c1ccc(C3CCCCC3)cc21. The number of pyridine rings is 6. The molecule has 6 radical (unpaired) electrons. The van der Waals surface area contributed by atoms with E-state index in [0.717, 1.165) is 78.5 Å². The Bertz CT molecular complexity index is 9070. The fourth-order valence-electron chi connectivity index (χ4n) is 20.9. The Morgan fingerprint density at radius 1 is 0.326 bits per heavy atom. The van der Waals surface area contributed by atoms with Gasteiger partial charge in [0, 0.05) is 228 Å². The molecule has 1 fully saturated rings. The number of hydrogen-bond donors (Lipinski definition) is 0. The van der Waals surface area contributed by atoms with Crippen molar-refractivity contribution in [1.82, 2.24) is 56.3 Å². The normalized spacial score (nSPS) is 12.1. The standard InChI is InChI=1S/C24H19N2.C23H17N2.C21H19N2.2C19H17N2.C17H13N2.6Ir/c1-16(2)17-7-9-18(10-8-17)19-11-12-23-22(15-19)20-5-3-4-6-21(20)24-25-13-14-26(23)24;1-15-6-5-7-16(2)22(15)17-10-11-21-20(14-17)18-8-3-4-9-19(18)23-24-12-13-25(21)23;1-2-6-15(7-3-1)16-10-11-20-19(14-16)17-8-4-5-9-18(17)21-22-12-13-23(20)21;1-19(2,3)13-8-9-17-16(12-13)14-6-4-5-7-15(14)18-20-10-11-21(17)18;1-2-3-6-14-9-10-18-17(13-14)15-7-4-5-8-16(15)19-20-11-12-21(18)19;1-11-9-12(2)16-15(10-11)13-5-3-4-6-14(13)17-18-7-8-19(16)17;;;;;;/h3-5,7-16H,1-2H3;3-8,10-14H,1-2H3;4-5,8,10-15H,1-3,6-7H2;4-6,8-12H,1-3H3;4-5,7,9-13H,2-3,6H2,1H3;3-5,7-10H,1-2H3;;;;;;/q6*-1;;;;;;. The summed E-state index contributed by atoms with van der Waals surface area (Å²) in [5.74, 6) is 1.28. The minimum atomic E-state index is 0. The van der Waals surface area contributed by atoms with Gasteiger partial charge in [0.05, 0.1) is 33.9 Å². The van der Waals surface area contributed by atoms with Gasteiger partial charge in [-0.05, 0) is 194 Å². The number of fused-ring (bicyclic) bond motifs is 36. The third kappa shape index (κ3) is 19.3. The molecular weight excluding hydrogens is 2800 g/mol. The monoisotopic (exact) mass is 2900 g/mol. The molecule has 0 spiro atoms. The van der Waals surface area contributed by atoms with Crippen molar-refractivity contribution in [2.24, 2.45) is 0 Å². The minimum Gasteiger partial charge on any atom is -0.340 e. The molecule has 141 heavy (non-hydrogen) atoms. The Morgan fingerprint density at radius 2 is 0.681 bits per heavy atom.